The topological polar surface area (TPSA) is 74.7 Å². The van der Waals surface area contributed by atoms with E-state index in [2.05, 4.69) is 13.8 Å². The van der Waals surface area contributed by atoms with Gasteiger partial charge in [0.25, 0.3) is 0 Å². The fourth-order valence-electron chi connectivity index (χ4n) is 3.96. The van der Waals surface area contributed by atoms with Crippen molar-refractivity contribution in [2.75, 3.05) is 0 Å². The van der Waals surface area contributed by atoms with Crippen molar-refractivity contribution in [3.8, 4) is 0 Å². The molecular formula is C25H31NO4S. The molecule has 1 aliphatic rings. The van der Waals surface area contributed by atoms with Crippen LogP contribution in [0.2, 0.25) is 0 Å². The fourth-order valence-corrected chi connectivity index (χ4v) is 5.87. The van der Waals surface area contributed by atoms with E-state index in [1.54, 1.807) is 30.3 Å². The van der Waals surface area contributed by atoms with Crippen molar-refractivity contribution in [3.05, 3.63) is 76.9 Å². The van der Waals surface area contributed by atoms with Crippen molar-refractivity contribution in [2.45, 2.75) is 64.4 Å². The Morgan fingerprint density at radius 2 is 1.55 bits per heavy atom. The molecule has 0 saturated carbocycles. The van der Waals surface area contributed by atoms with Gasteiger partial charge >= 0.3 is 5.97 Å². The predicted octanol–water partition coefficient (Wildman–Crippen LogP) is 5.29. The molecule has 1 aliphatic heterocycles. The van der Waals surface area contributed by atoms with Crippen LogP contribution >= 0.6 is 0 Å². The van der Waals surface area contributed by atoms with Gasteiger partial charge in [-0.3, -0.25) is 0 Å². The summed E-state index contributed by atoms with van der Waals surface area (Å²) >= 11 is 0. The van der Waals surface area contributed by atoms with Gasteiger partial charge in [-0.2, -0.15) is 4.31 Å². The first-order chi connectivity index (χ1) is 14.3. The van der Waals surface area contributed by atoms with Gasteiger partial charge in [0.05, 0.1) is 16.5 Å². The largest absolute Gasteiger partial charge is 0.478 e. The lowest BCUT2D eigenvalue weighted by Crippen LogP contribution is -2.45. The minimum Gasteiger partial charge on any atom is -0.478 e. The molecule has 0 unspecified atom stereocenters. The van der Waals surface area contributed by atoms with Crippen molar-refractivity contribution < 1.29 is 18.3 Å². The van der Waals surface area contributed by atoms with Crippen LogP contribution in [0, 0.1) is 12.3 Å². The Morgan fingerprint density at radius 3 is 2.00 bits per heavy atom. The molecule has 0 radical (unpaired) electrons. The maximum atomic E-state index is 13.8. The lowest BCUT2D eigenvalue weighted by atomic mass is 9.87. The van der Waals surface area contributed by atoms with Gasteiger partial charge in [-0.05, 0) is 41.5 Å². The summed E-state index contributed by atoms with van der Waals surface area (Å²) in [6.07, 6.45) is 1.61. The van der Waals surface area contributed by atoms with E-state index >= 15 is 0 Å². The van der Waals surface area contributed by atoms with Crippen LogP contribution in [0.5, 0.6) is 0 Å². The van der Waals surface area contributed by atoms with Crippen molar-refractivity contribution in [3.63, 3.8) is 0 Å². The minimum atomic E-state index is -3.96. The number of sulfonamides is 1. The molecule has 2 aromatic carbocycles. The Morgan fingerprint density at radius 1 is 1.00 bits per heavy atom. The number of aliphatic carboxylic acids is 1. The Kier molecular flexibility index (Phi) is 6.18. The first-order valence-corrected chi connectivity index (χ1v) is 11.9. The number of benzene rings is 2. The fraction of sp³-hybridized carbons (Fsp3) is 0.400. The lowest BCUT2D eigenvalue weighted by molar-refractivity contribution is -0.133. The molecule has 6 heteroatoms. The molecule has 31 heavy (non-hydrogen) atoms. The highest BCUT2D eigenvalue weighted by molar-refractivity contribution is 7.89. The van der Waals surface area contributed by atoms with E-state index in [0.29, 0.717) is 11.5 Å². The van der Waals surface area contributed by atoms with Gasteiger partial charge in [-0.15, -0.1) is 0 Å². The lowest BCUT2D eigenvalue weighted by Gasteiger charge is -2.37. The maximum absolute atomic E-state index is 13.8. The maximum Gasteiger partial charge on any atom is 0.333 e. The highest BCUT2D eigenvalue weighted by atomic mass is 32.2. The number of aryl methyl sites for hydroxylation is 1. The zero-order valence-electron chi connectivity index (χ0n) is 19.0. The Hall–Kier alpha value is -2.44. The van der Waals surface area contributed by atoms with E-state index in [9.17, 15) is 18.3 Å². The number of hydrogen-bond acceptors (Lipinski definition) is 3. The molecule has 0 aliphatic carbocycles. The SMILES string of the molecule is Cc1ccc(S(=O)(=O)N2[C@@H](c3ccc(C(C)C)cc3)C(C(=O)O)=C[C@H]2C(C)(C)C)cc1. The molecule has 0 bridgehead atoms. The average Bonchev–Trinajstić information content (AvgIpc) is 3.10. The summed E-state index contributed by atoms with van der Waals surface area (Å²) in [6, 6.07) is 12.8. The van der Waals surface area contributed by atoms with Gasteiger partial charge in [0.15, 0.2) is 0 Å². The third-order valence-corrected chi connectivity index (χ3v) is 7.67. The van der Waals surface area contributed by atoms with E-state index in [4.69, 9.17) is 0 Å². The zero-order chi connectivity index (χ0) is 23.1. The summed E-state index contributed by atoms with van der Waals surface area (Å²) < 4.78 is 29.0. The average molecular weight is 442 g/mol. The minimum absolute atomic E-state index is 0.0907. The number of nitrogens with zero attached hydrogens (tertiary/aromatic N) is 1. The molecule has 2 aromatic rings. The normalized spacial score (nSPS) is 20.2. The van der Waals surface area contributed by atoms with Crippen molar-refractivity contribution in [2.24, 2.45) is 5.41 Å². The molecule has 5 nitrogen and oxygen atoms in total. The summed E-state index contributed by atoms with van der Waals surface area (Å²) in [4.78, 5) is 12.4. The van der Waals surface area contributed by atoms with Crippen LogP contribution in [0.1, 0.15) is 63.3 Å². The molecule has 0 fully saturated rings. The molecular weight excluding hydrogens is 410 g/mol. The van der Waals surface area contributed by atoms with Crippen molar-refractivity contribution in [1.82, 2.24) is 4.31 Å². The summed E-state index contributed by atoms with van der Waals surface area (Å²) in [7, 11) is -3.96. The molecule has 0 saturated heterocycles. The molecule has 2 atom stereocenters. The van der Waals surface area contributed by atoms with Crippen LogP contribution in [0.4, 0.5) is 0 Å². The highest BCUT2D eigenvalue weighted by Crippen LogP contribution is 2.46. The zero-order valence-corrected chi connectivity index (χ0v) is 19.8. The van der Waals surface area contributed by atoms with Crippen LogP contribution in [0.25, 0.3) is 0 Å². The van der Waals surface area contributed by atoms with Gasteiger partial charge < -0.3 is 5.11 Å². The number of carbonyl (C=O) groups is 1. The second kappa shape index (κ2) is 8.24. The monoisotopic (exact) mass is 441 g/mol. The molecule has 0 aromatic heterocycles. The van der Waals surface area contributed by atoms with Gasteiger partial charge in [-0.25, -0.2) is 13.2 Å². The Bertz CT molecular complexity index is 1090. The highest BCUT2D eigenvalue weighted by Gasteiger charge is 2.49. The second-order valence-corrected chi connectivity index (χ2v) is 11.5. The van der Waals surface area contributed by atoms with Gasteiger partial charge in [0, 0.05) is 6.04 Å². The van der Waals surface area contributed by atoms with Gasteiger partial charge in [-0.1, -0.05) is 82.7 Å². The van der Waals surface area contributed by atoms with E-state index < -0.39 is 33.5 Å². The van der Waals surface area contributed by atoms with Crippen LogP contribution in [-0.2, 0) is 14.8 Å². The first kappa shape index (κ1) is 23.2. The van der Waals surface area contributed by atoms with E-state index in [-0.39, 0.29) is 10.5 Å². The predicted molar refractivity (Wildman–Crippen MR) is 122 cm³/mol. The number of carboxylic acid groups (broad SMARTS) is 1. The molecule has 1 heterocycles. The summed E-state index contributed by atoms with van der Waals surface area (Å²) in [5, 5.41) is 9.97. The Labute approximate surface area is 185 Å². The van der Waals surface area contributed by atoms with Crippen molar-refractivity contribution >= 4 is 16.0 Å². The van der Waals surface area contributed by atoms with E-state index in [0.717, 1.165) is 11.1 Å². The van der Waals surface area contributed by atoms with E-state index in [1.165, 1.54) is 4.31 Å². The van der Waals surface area contributed by atoms with Crippen LogP contribution < -0.4 is 0 Å². The third-order valence-electron chi connectivity index (χ3n) is 5.81. The quantitative estimate of drug-likeness (QED) is 0.684. The Balaban J connectivity index is 2.21. The number of rotatable bonds is 5. The smallest absolute Gasteiger partial charge is 0.333 e. The van der Waals surface area contributed by atoms with Crippen LogP contribution in [-0.4, -0.2) is 29.8 Å². The number of carboxylic acids is 1. The molecule has 166 valence electrons. The third kappa shape index (κ3) is 4.46. The summed E-state index contributed by atoms with van der Waals surface area (Å²) in [5.41, 5.74) is 2.32. The molecule has 1 N–H and O–H groups in total. The van der Waals surface area contributed by atoms with E-state index in [1.807, 2.05) is 52.0 Å². The second-order valence-electron chi connectivity index (χ2n) is 9.61. The van der Waals surface area contributed by atoms with Crippen molar-refractivity contribution in [1.29, 1.82) is 0 Å². The van der Waals surface area contributed by atoms with Crippen LogP contribution in [0.15, 0.2) is 65.1 Å². The summed E-state index contributed by atoms with van der Waals surface area (Å²) in [5.74, 6) is -0.782. The number of hydrogen-bond donors (Lipinski definition) is 1. The first-order valence-electron chi connectivity index (χ1n) is 10.5. The molecule has 0 spiro atoms. The molecule has 0 amide bonds. The van der Waals surface area contributed by atoms with Crippen LogP contribution in [0.3, 0.4) is 0 Å². The standard InChI is InChI=1S/C25H31NO4S/c1-16(2)18-9-11-19(12-10-18)23-21(24(27)28)15-22(25(4,5)6)26(23)31(29,30)20-13-7-17(3)8-14-20/h7-16,22-23H,1-6H3,(H,27,28)/t22-,23-/m0/s1. The van der Waals surface area contributed by atoms with Gasteiger partial charge in [0.1, 0.15) is 0 Å². The van der Waals surface area contributed by atoms with Gasteiger partial charge in [0.2, 0.25) is 10.0 Å². The summed E-state index contributed by atoms with van der Waals surface area (Å²) in [6.45, 7) is 11.8. The molecule has 3 rings (SSSR count).